The molecule has 26 heavy (non-hydrogen) atoms. The maximum Gasteiger partial charge on any atom is 0.350 e. The van der Waals surface area contributed by atoms with E-state index >= 15 is 0 Å². The van der Waals surface area contributed by atoms with Crippen LogP contribution in [-0.4, -0.2) is 19.5 Å². The number of thiophene rings is 1. The van der Waals surface area contributed by atoms with Gasteiger partial charge in [-0.15, -0.1) is 11.3 Å². The predicted octanol–water partition coefficient (Wildman–Crippen LogP) is 2.86. The van der Waals surface area contributed by atoms with Gasteiger partial charge in [0, 0.05) is 11.1 Å². The van der Waals surface area contributed by atoms with Crippen molar-refractivity contribution < 1.29 is 26.9 Å². The number of nitrogens with zero attached hydrogens (tertiary/aromatic N) is 1. The van der Waals surface area contributed by atoms with Crippen molar-refractivity contribution in [3.05, 3.63) is 57.7 Å². The molecule has 1 aromatic carbocycles. The Morgan fingerprint density at radius 3 is 2.65 bits per heavy atom. The zero-order chi connectivity index (χ0) is 18.9. The molecule has 0 saturated heterocycles. The first-order valence-corrected chi connectivity index (χ1v) is 9.68. The fourth-order valence-corrected chi connectivity index (χ4v) is 4.10. The molecule has 0 atom stereocenters. The Labute approximate surface area is 152 Å². The monoisotopic (exact) mass is 396 g/mol. The average molecular weight is 396 g/mol. The molecule has 0 amide bonds. The fourth-order valence-electron chi connectivity index (χ4n) is 2.24. The van der Waals surface area contributed by atoms with E-state index in [4.69, 9.17) is 14.4 Å². The lowest BCUT2D eigenvalue weighted by Crippen LogP contribution is -2.16. The molecule has 0 saturated carbocycles. The Morgan fingerprint density at radius 2 is 2.00 bits per heavy atom. The summed E-state index contributed by atoms with van der Waals surface area (Å²) < 4.78 is 46.3. The van der Waals surface area contributed by atoms with Crippen molar-refractivity contribution in [3.8, 4) is 11.3 Å². The number of carbonyl (C=O) groups is 1. The zero-order valence-electron chi connectivity index (χ0n) is 13.4. The van der Waals surface area contributed by atoms with Crippen LogP contribution in [0.5, 0.6) is 0 Å². The molecule has 0 fully saturated rings. The van der Waals surface area contributed by atoms with Gasteiger partial charge in [-0.25, -0.2) is 22.7 Å². The Kier molecular flexibility index (Phi) is 4.90. The molecule has 3 aromatic rings. The summed E-state index contributed by atoms with van der Waals surface area (Å²) in [7, 11) is -4.02. The molecule has 2 heterocycles. The minimum atomic E-state index is -4.02. The van der Waals surface area contributed by atoms with Crippen molar-refractivity contribution in [3.63, 3.8) is 0 Å². The molecule has 0 aliphatic heterocycles. The van der Waals surface area contributed by atoms with Crippen molar-refractivity contribution in [2.24, 2.45) is 5.14 Å². The van der Waals surface area contributed by atoms with Crippen molar-refractivity contribution in [1.82, 2.24) is 5.16 Å². The number of sulfonamides is 1. The molecule has 0 radical (unpaired) electrons. The standard InChI is InChI=1S/C16H13FN2O5S2/c1-9-12(19-24-14(9)10-2-4-11(17)5-3-10)8-23-16(20)15-13(6-7-25-15)26(18,21)22/h2-7H,8H2,1H3,(H2,18,21,22). The molecule has 136 valence electrons. The maximum atomic E-state index is 13.0. The van der Waals surface area contributed by atoms with Crippen LogP contribution < -0.4 is 5.14 Å². The van der Waals surface area contributed by atoms with E-state index < -0.39 is 16.0 Å². The van der Waals surface area contributed by atoms with Crippen LogP contribution >= 0.6 is 11.3 Å². The third-order valence-corrected chi connectivity index (χ3v) is 5.56. The Morgan fingerprint density at radius 1 is 1.31 bits per heavy atom. The number of nitrogens with two attached hydrogens (primary N) is 1. The molecule has 0 spiro atoms. The number of aromatic nitrogens is 1. The van der Waals surface area contributed by atoms with Crippen molar-refractivity contribution >= 4 is 27.3 Å². The molecule has 2 N–H and O–H groups in total. The van der Waals surface area contributed by atoms with E-state index in [0.717, 1.165) is 11.3 Å². The first-order chi connectivity index (χ1) is 12.3. The number of carbonyl (C=O) groups excluding carboxylic acids is 1. The van der Waals surface area contributed by atoms with Crippen LogP contribution in [-0.2, 0) is 21.4 Å². The van der Waals surface area contributed by atoms with Crippen molar-refractivity contribution in [1.29, 1.82) is 0 Å². The Hall–Kier alpha value is -2.56. The van der Waals surface area contributed by atoms with E-state index in [9.17, 15) is 17.6 Å². The summed E-state index contributed by atoms with van der Waals surface area (Å²) in [6, 6.07) is 6.92. The lowest BCUT2D eigenvalue weighted by Gasteiger charge is -2.03. The van der Waals surface area contributed by atoms with Crippen LogP contribution in [0.4, 0.5) is 4.39 Å². The molecular weight excluding hydrogens is 383 g/mol. The highest BCUT2D eigenvalue weighted by molar-refractivity contribution is 7.89. The minimum absolute atomic E-state index is 0.104. The number of halogens is 1. The summed E-state index contributed by atoms with van der Waals surface area (Å²) in [4.78, 5) is 11.8. The van der Waals surface area contributed by atoms with Crippen LogP contribution in [0, 0.1) is 12.7 Å². The van der Waals surface area contributed by atoms with Gasteiger partial charge in [0.25, 0.3) is 0 Å². The van der Waals surface area contributed by atoms with Crippen LogP contribution in [0.2, 0.25) is 0 Å². The van der Waals surface area contributed by atoms with Gasteiger partial charge in [0.05, 0.1) is 0 Å². The summed E-state index contributed by atoms with van der Waals surface area (Å²) in [5.74, 6) is -0.770. The molecule has 10 heteroatoms. The maximum absolute atomic E-state index is 13.0. The van der Waals surface area contributed by atoms with Gasteiger partial charge < -0.3 is 9.26 Å². The van der Waals surface area contributed by atoms with Gasteiger partial charge in [0.1, 0.15) is 27.9 Å². The van der Waals surface area contributed by atoms with Crippen molar-refractivity contribution in [2.45, 2.75) is 18.4 Å². The van der Waals surface area contributed by atoms with E-state index in [1.54, 1.807) is 19.1 Å². The second-order valence-corrected chi connectivity index (χ2v) is 7.77. The van der Waals surface area contributed by atoms with Crippen LogP contribution in [0.1, 0.15) is 20.9 Å². The second kappa shape index (κ2) is 6.98. The fraction of sp³-hybridized carbons (Fsp3) is 0.125. The number of ether oxygens (including phenoxy) is 1. The molecule has 0 bridgehead atoms. The van der Waals surface area contributed by atoms with E-state index in [2.05, 4.69) is 5.16 Å². The van der Waals surface area contributed by atoms with E-state index in [1.807, 2.05) is 0 Å². The Balaban J connectivity index is 1.76. The molecular formula is C16H13FN2O5S2. The summed E-state index contributed by atoms with van der Waals surface area (Å²) in [5, 5.41) is 10.4. The quantitative estimate of drug-likeness (QED) is 0.664. The van der Waals surface area contributed by atoms with E-state index in [0.29, 0.717) is 22.6 Å². The summed E-state index contributed by atoms with van der Waals surface area (Å²) >= 11 is 0.914. The first kappa shape index (κ1) is 18.2. The number of benzene rings is 1. The average Bonchev–Trinajstić information content (AvgIpc) is 3.21. The molecule has 0 aliphatic rings. The van der Waals surface area contributed by atoms with Gasteiger partial charge in [-0.05, 0) is 42.6 Å². The van der Waals surface area contributed by atoms with E-state index in [-0.39, 0.29) is 22.2 Å². The first-order valence-electron chi connectivity index (χ1n) is 7.26. The smallest absolute Gasteiger partial charge is 0.350 e. The van der Waals surface area contributed by atoms with Crippen LogP contribution in [0.25, 0.3) is 11.3 Å². The van der Waals surface area contributed by atoms with Gasteiger partial charge in [0.2, 0.25) is 10.0 Å². The highest BCUT2D eigenvalue weighted by Crippen LogP contribution is 2.27. The summed E-state index contributed by atoms with van der Waals surface area (Å²) in [5.41, 5.74) is 1.62. The highest BCUT2D eigenvalue weighted by Gasteiger charge is 2.23. The van der Waals surface area contributed by atoms with Gasteiger partial charge in [0.15, 0.2) is 5.76 Å². The van der Waals surface area contributed by atoms with Gasteiger partial charge >= 0.3 is 5.97 Å². The van der Waals surface area contributed by atoms with Crippen LogP contribution in [0.3, 0.4) is 0 Å². The SMILES string of the molecule is Cc1c(COC(=O)c2sccc2S(N)(=O)=O)noc1-c1ccc(F)cc1. The third kappa shape index (κ3) is 3.66. The number of hydrogen-bond donors (Lipinski definition) is 1. The summed E-state index contributed by atoms with van der Waals surface area (Å²) in [6.07, 6.45) is 0. The van der Waals surface area contributed by atoms with Gasteiger partial charge in [-0.3, -0.25) is 0 Å². The van der Waals surface area contributed by atoms with Crippen LogP contribution in [0.15, 0.2) is 45.1 Å². The molecule has 3 rings (SSSR count). The molecule has 0 aliphatic carbocycles. The van der Waals surface area contributed by atoms with Gasteiger partial charge in [-0.2, -0.15) is 0 Å². The summed E-state index contributed by atoms with van der Waals surface area (Å²) in [6.45, 7) is 1.51. The van der Waals surface area contributed by atoms with E-state index in [1.165, 1.54) is 23.6 Å². The zero-order valence-corrected chi connectivity index (χ0v) is 15.1. The number of esters is 1. The largest absolute Gasteiger partial charge is 0.455 e. The van der Waals surface area contributed by atoms with Gasteiger partial charge in [-0.1, -0.05) is 5.16 Å². The van der Waals surface area contributed by atoms with Crippen molar-refractivity contribution in [2.75, 3.05) is 0 Å². The normalized spacial score (nSPS) is 11.5. The second-order valence-electron chi connectivity index (χ2n) is 5.33. The number of rotatable bonds is 5. The topological polar surface area (TPSA) is 112 Å². The number of primary sulfonamides is 1. The Bertz CT molecular complexity index is 1050. The lowest BCUT2D eigenvalue weighted by atomic mass is 10.1. The molecule has 0 unspecified atom stereocenters. The third-order valence-electron chi connectivity index (χ3n) is 3.59. The molecule has 7 nitrogen and oxygen atoms in total. The number of hydrogen-bond acceptors (Lipinski definition) is 7. The lowest BCUT2D eigenvalue weighted by molar-refractivity contribution is 0.0465. The highest BCUT2D eigenvalue weighted by atomic mass is 32.2. The molecule has 2 aromatic heterocycles. The minimum Gasteiger partial charge on any atom is -0.455 e. The predicted molar refractivity (Wildman–Crippen MR) is 91.4 cm³/mol.